The fourth-order valence-corrected chi connectivity index (χ4v) is 2.45. The SMILES string of the molecule is O=C(O)CCCNC(=O)c1ccc(CSc2ncn[nH]2)cc1. The van der Waals surface area contributed by atoms with E-state index in [4.69, 9.17) is 5.11 Å². The van der Waals surface area contributed by atoms with Gasteiger partial charge in [0.2, 0.25) is 0 Å². The normalized spacial score (nSPS) is 10.4. The molecule has 1 heterocycles. The molecule has 0 atom stereocenters. The monoisotopic (exact) mass is 320 g/mol. The number of carbonyl (C=O) groups excluding carboxylic acids is 1. The summed E-state index contributed by atoms with van der Waals surface area (Å²) >= 11 is 1.53. The number of aromatic amines is 1. The molecule has 0 aliphatic heterocycles. The minimum Gasteiger partial charge on any atom is -0.481 e. The maximum atomic E-state index is 11.9. The summed E-state index contributed by atoms with van der Waals surface area (Å²) in [6, 6.07) is 7.27. The van der Waals surface area contributed by atoms with Gasteiger partial charge in [-0.05, 0) is 24.1 Å². The Balaban J connectivity index is 1.78. The zero-order valence-corrected chi connectivity index (χ0v) is 12.6. The van der Waals surface area contributed by atoms with E-state index in [1.54, 1.807) is 12.1 Å². The van der Waals surface area contributed by atoms with Gasteiger partial charge in [-0.25, -0.2) is 4.98 Å². The number of benzene rings is 1. The third-order valence-corrected chi connectivity index (χ3v) is 3.79. The minimum atomic E-state index is -0.858. The van der Waals surface area contributed by atoms with Gasteiger partial charge in [0.15, 0.2) is 5.16 Å². The lowest BCUT2D eigenvalue weighted by Crippen LogP contribution is -2.24. The number of hydrogen-bond acceptors (Lipinski definition) is 5. The van der Waals surface area contributed by atoms with Crippen molar-refractivity contribution in [1.82, 2.24) is 20.5 Å². The summed E-state index contributed by atoms with van der Waals surface area (Å²) in [6.07, 6.45) is 1.94. The van der Waals surface area contributed by atoms with E-state index in [1.807, 2.05) is 12.1 Å². The van der Waals surface area contributed by atoms with Crippen LogP contribution >= 0.6 is 11.8 Å². The van der Waals surface area contributed by atoms with Crippen LogP contribution in [0.15, 0.2) is 35.7 Å². The predicted molar refractivity (Wildman–Crippen MR) is 81.6 cm³/mol. The second-order valence-electron chi connectivity index (χ2n) is 4.53. The van der Waals surface area contributed by atoms with Crippen molar-refractivity contribution in [2.75, 3.05) is 6.54 Å². The number of carboxylic acid groups (broad SMARTS) is 1. The van der Waals surface area contributed by atoms with Crippen LogP contribution in [0.1, 0.15) is 28.8 Å². The summed E-state index contributed by atoms with van der Waals surface area (Å²) in [7, 11) is 0. The maximum Gasteiger partial charge on any atom is 0.303 e. The molecule has 0 aliphatic rings. The highest BCUT2D eigenvalue weighted by atomic mass is 32.2. The van der Waals surface area contributed by atoms with Crippen molar-refractivity contribution >= 4 is 23.6 Å². The lowest BCUT2D eigenvalue weighted by atomic mass is 10.1. The van der Waals surface area contributed by atoms with Crippen LogP contribution in [-0.4, -0.2) is 38.7 Å². The highest BCUT2D eigenvalue weighted by Gasteiger charge is 2.06. The summed E-state index contributed by atoms with van der Waals surface area (Å²) in [6.45, 7) is 0.355. The molecule has 7 nitrogen and oxygen atoms in total. The average molecular weight is 320 g/mol. The summed E-state index contributed by atoms with van der Waals surface area (Å²) in [5.74, 6) is -0.321. The fraction of sp³-hybridized carbons (Fsp3) is 0.286. The lowest BCUT2D eigenvalue weighted by molar-refractivity contribution is -0.137. The molecule has 116 valence electrons. The summed E-state index contributed by atoms with van der Waals surface area (Å²) in [4.78, 5) is 26.3. The van der Waals surface area contributed by atoms with Crippen LogP contribution in [-0.2, 0) is 10.5 Å². The number of carboxylic acids is 1. The Labute approximate surface area is 131 Å². The van der Waals surface area contributed by atoms with E-state index in [2.05, 4.69) is 20.5 Å². The molecule has 8 heteroatoms. The van der Waals surface area contributed by atoms with E-state index in [1.165, 1.54) is 18.1 Å². The Hall–Kier alpha value is -2.35. The number of nitrogens with one attached hydrogen (secondary N) is 2. The number of thioether (sulfide) groups is 1. The van der Waals surface area contributed by atoms with E-state index in [0.717, 1.165) is 16.5 Å². The van der Waals surface area contributed by atoms with Gasteiger partial charge >= 0.3 is 5.97 Å². The molecule has 3 N–H and O–H groups in total. The number of H-pyrrole nitrogens is 1. The molecule has 0 fully saturated rings. The molecule has 0 spiro atoms. The number of amides is 1. The molecule has 2 rings (SSSR count). The minimum absolute atomic E-state index is 0.0536. The molecule has 0 bridgehead atoms. The molecule has 1 aromatic heterocycles. The van der Waals surface area contributed by atoms with Crippen molar-refractivity contribution in [2.45, 2.75) is 23.8 Å². The number of nitrogens with zero attached hydrogens (tertiary/aromatic N) is 2. The number of aromatic nitrogens is 3. The third kappa shape index (κ3) is 5.21. The largest absolute Gasteiger partial charge is 0.481 e. The second kappa shape index (κ2) is 8.18. The van der Waals surface area contributed by atoms with Crippen LogP contribution in [0.5, 0.6) is 0 Å². The molecule has 0 radical (unpaired) electrons. The first kappa shape index (κ1) is 16.0. The predicted octanol–water partition coefficient (Wildman–Crippen LogP) is 1.69. The molecule has 0 saturated heterocycles. The van der Waals surface area contributed by atoms with Crippen molar-refractivity contribution in [1.29, 1.82) is 0 Å². The van der Waals surface area contributed by atoms with E-state index in [9.17, 15) is 9.59 Å². The number of carbonyl (C=O) groups is 2. The Morgan fingerprint density at radius 2 is 2.05 bits per heavy atom. The van der Waals surface area contributed by atoms with Gasteiger partial charge in [0.25, 0.3) is 5.91 Å². The van der Waals surface area contributed by atoms with Gasteiger partial charge in [-0.2, -0.15) is 5.10 Å². The fourth-order valence-electron chi connectivity index (χ4n) is 1.71. The standard InChI is InChI=1S/C14H16N4O3S/c19-12(20)2-1-7-15-13(21)11-5-3-10(4-6-11)8-22-14-16-9-17-18-14/h3-6,9H,1-2,7-8H2,(H,15,21)(H,19,20)(H,16,17,18). The zero-order valence-electron chi connectivity index (χ0n) is 11.8. The Morgan fingerprint density at radius 3 is 2.68 bits per heavy atom. The molecular formula is C14H16N4O3S. The van der Waals surface area contributed by atoms with E-state index in [-0.39, 0.29) is 12.3 Å². The topological polar surface area (TPSA) is 108 Å². The van der Waals surface area contributed by atoms with E-state index < -0.39 is 5.97 Å². The van der Waals surface area contributed by atoms with Crippen molar-refractivity contribution < 1.29 is 14.7 Å². The lowest BCUT2D eigenvalue weighted by Gasteiger charge is -2.05. The van der Waals surface area contributed by atoms with Crippen molar-refractivity contribution in [3.8, 4) is 0 Å². The first-order chi connectivity index (χ1) is 10.6. The van der Waals surface area contributed by atoms with Crippen LogP contribution in [0.3, 0.4) is 0 Å². The van der Waals surface area contributed by atoms with Crippen molar-refractivity contribution in [2.24, 2.45) is 0 Å². The molecule has 1 aromatic carbocycles. The van der Waals surface area contributed by atoms with E-state index >= 15 is 0 Å². The number of hydrogen-bond donors (Lipinski definition) is 3. The van der Waals surface area contributed by atoms with Crippen LogP contribution in [0.4, 0.5) is 0 Å². The van der Waals surface area contributed by atoms with Crippen molar-refractivity contribution in [3.05, 3.63) is 41.7 Å². The van der Waals surface area contributed by atoms with Gasteiger partial charge in [0, 0.05) is 24.3 Å². The molecule has 1 amide bonds. The summed E-state index contributed by atoms with van der Waals surface area (Å²) < 4.78 is 0. The van der Waals surface area contributed by atoms with Gasteiger partial charge < -0.3 is 10.4 Å². The Kier molecular flexibility index (Phi) is 5.96. The number of rotatable bonds is 8. The Bertz CT molecular complexity index is 614. The first-order valence-electron chi connectivity index (χ1n) is 6.72. The Morgan fingerprint density at radius 1 is 1.27 bits per heavy atom. The van der Waals surface area contributed by atoms with Gasteiger partial charge in [-0.3, -0.25) is 14.7 Å². The molecule has 0 unspecified atom stereocenters. The van der Waals surface area contributed by atoms with Crippen molar-refractivity contribution in [3.63, 3.8) is 0 Å². The smallest absolute Gasteiger partial charge is 0.303 e. The number of aliphatic carboxylic acids is 1. The van der Waals surface area contributed by atoms with E-state index in [0.29, 0.717) is 18.5 Å². The third-order valence-electron chi connectivity index (χ3n) is 2.84. The zero-order chi connectivity index (χ0) is 15.8. The molecule has 0 aliphatic carbocycles. The first-order valence-corrected chi connectivity index (χ1v) is 7.71. The van der Waals surface area contributed by atoms with Crippen LogP contribution in [0.25, 0.3) is 0 Å². The van der Waals surface area contributed by atoms with Crippen LogP contribution in [0.2, 0.25) is 0 Å². The van der Waals surface area contributed by atoms with Crippen LogP contribution in [0, 0.1) is 0 Å². The molecule has 22 heavy (non-hydrogen) atoms. The molecular weight excluding hydrogens is 304 g/mol. The van der Waals surface area contributed by atoms with Gasteiger partial charge in [0.05, 0.1) is 0 Å². The highest BCUT2D eigenvalue weighted by molar-refractivity contribution is 7.98. The van der Waals surface area contributed by atoms with Crippen LogP contribution < -0.4 is 5.32 Å². The highest BCUT2D eigenvalue weighted by Crippen LogP contribution is 2.18. The average Bonchev–Trinajstić information content (AvgIpc) is 3.03. The van der Waals surface area contributed by atoms with Gasteiger partial charge in [0.1, 0.15) is 6.33 Å². The summed E-state index contributed by atoms with van der Waals surface area (Å²) in [5.41, 5.74) is 1.63. The quantitative estimate of drug-likeness (QED) is 0.504. The maximum absolute atomic E-state index is 11.9. The molecule has 0 saturated carbocycles. The van der Waals surface area contributed by atoms with Gasteiger partial charge in [-0.1, -0.05) is 23.9 Å². The summed E-state index contributed by atoms with van der Waals surface area (Å²) in [5, 5.41) is 18.5. The van der Waals surface area contributed by atoms with Gasteiger partial charge in [-0.15, -0.1) is 0 Å². The second-order valence-corrected chi connectivity index (χ2v) is 5.49. The molecule has 2 aromatic rings.